The molecule has 0 atom stereocenters. The van der Waals surface area contributed by atoms with E-state index in [2.05, 4.69) is 6.07 Å². The summed E-state index contributed by atoms with van der Waals surface area (Å²) >= 11 is 0. The molecule has 3 heterocycles. The lowest BCUT2D eigenvalue weighted by atomic mass is 9.78. The zero-order valence-electron chi connectivity index (χ0n) is 17.8. The van der Waals surface area contributed by atoms with Crippen molar-refractivity contribution in [2.24, 2.45) is 0 Å². The highest BCUT2D eigenvalue weighted by molar-refractivity contribution is 5.93. The molecule has 1 fully saturated rings. The Bertz CT molecular complexity index is 1210. The molecule has 31 heavy (non-hydrogen) atoms. The lowest BCUT2D eigenvalue weighted by Gasteiger charge is -2.45. The van der Waals surface area contributed by atoms with Crippen LogP contribution in [0.2, 0.25) is 0 Å². The molecule has 6 nitrogen and oxygen atoms in total. The molecule has 1 amide bonds. The SMILES string of the molecule is COc1cccc2c1C1(CCN(C(=O)c3cc(=O)c4ccc(C)cc4o3)CC1)OCC2. The molecule has 1 spiro atoms. The zero-order valence-corrected chi connectivity index (χ0v) is 17.8. The fourth-order valence-corrected chi connectivity index (χ4v) is 4.89. The van der Waals surface area contributed by atoms with Gasteiger partial charge >= 0.3 is 0 Å². The number of carbonyl (C=O) groups excluding carboxylic acids is 1. The van der Waals surface area contributed by atoms with Gasteiger partial charge in [0.2, 0.25) is 0 Å². The summed E-state index contributed by atoms with van der Waals surface area (Å²) in [7, 11) is 1.68. The smallest absolute Gasteiger partial charge is 0.289 e. The van der Waals surface area contributed by atoms with Gasteiger partial charge in [0.1, 0.15) is 16.9 Å². The molecule has 0 unspecified atom stereocenters. The number of carbonyl (C=O) groups is 1. The second kappa shape index (κ2) is 7.54. The molecule has 3 aromatic rings. The quantitative estimate of drug-likeness (QED) is 0.632. The molecule has 0 radical (unpaired) electrons. The monoisotopic (exact) mass is 419 g/mol. The molecule has 2 aliphatic heterocycles. The van der Waals surface area contributed by atoms with E-state index in [-0.39, 0.29) is 17.1 Å². The van der Waals surface area contributed by atoms with Gasteiger partial charge in [0.25, 0.3) is 5.91 Å². The van der Waals surface area contributed by atoms with Crippen molar-refractivity contribution in [3.63, 3.8) is 0 Å². The number of aryl methyl sites for hydroxylation is 1. The number of amides is 1. The largest absolute Gasteiger partial charge is 0.496 e. The van der Waals surface area contributed by atoms with Gasteiger partial charge in [-0.2, -0.15) is 0 Å². The molecule has 0 N–H and O–H groups in total. The minimum atomic E-state index is -0.446. The van der Waals surface area contributed by atoms with Crippen LogP contribution in [-0.4, -0.2) is 37.6 Å². The Kier molecular flexibility index (Phi) is 4.82. The van der Waals surface area contributed by atoms with Crippen molar-refractivity contribution in [3.05, 3.63) is 75.1 Å². The second-order valence-corrected chi connectivity index (χ2v) is 8.35. The van der Waals surface area contributed by atoms with Crippen LogP contribution in [0.15, 0.2) is 51.7 Å². The molecular weight excluding hydrogens is 394 g/mol. The van der Waals surface area contributed by atoms with E-state index >= 15 is 0 Å². The maximum atomic E-state index is 13.1. The van der Waals surface area contributed by atoms with Crippen molar-refractivity contribution in [3.8, 4) is 5.75 Å². The molecule has 5 rings (SSSR count). The molecule has 1 saturated heterocycles. The Hall–Kier alpha value is -3.12. The first-order chi connectivity index (χ1) is 15.0. The number of likely N-dealkylation sites (tertiary alicyclic amines) is 1. The number of benzene rings is 2. The van der Waals surface area contributed by atoms with E-state index in [1.807, 2.05) is 25.1 Å². The summed E-state index contributed by atoms with van der Waals surface area (Å²) in [5.41, 5.74) is 3.14. The molecule has 0 bridgehead atoms. The Labute approximate surface area is 180 Å². The van der Waals surface area contributed by atoms with Gasteiger partial charge in [-0.05, 0) is 55.5 Å². The summed E-state index contributed by atoms with van der Waals surface area (Å²) < 4.78 is 17.8. The average molecular weight is 419 g/mol. The highest BCUT2D eigenvalue weighted by Gasteiger charge is 2.44. The van der Waals surface area contributed by atoms with Gasteiger partial charge in [0, 0.05) is 24.7 Å². The molecule has 6 heteroatoms. The van der Waals surface area contributed by atoms with Crippen molar-refractivity contribution >= 4 is 16.9 Å². The van der Waals surface area contributed by atoms with E-state index in [4.69, 9.17) is 13.9 Å². The fourth-order valence-electron chi connectivity index (χ4n) is 4.89. The predicted molar refractivity (Wildman–Crippen MR) is 117 cm³/mol. The van der Waals surface area contributed by atoms with E-state index in [1.165, 1.54) is 11.6 Å². The summed E-state index contributed by atoms with van der Waals surface area (Å²) in [5.74, 6) is 0.667. The summed E-state index contributed by atoms with van der Waals surface area (Å²) in [6.45, 7) is 3.62. The average Bonchev–Trinajstić information content (AvgIpc) is 2.78. The van der Waals surface area contributed by atoms with Gasteiger partial charge in [0.15, 0.2) is 11.2 Å². The maximum Gasteiger partial charge on any atom is 0.289 e. The Morgan fingerprint density at radius 1 is 1.13 bits per heavy atom. The van der Waals surface area contributed by atoms with E-state index in [9.17, 15) is 9.59 Å². The van der Waals surface area contributed by atoms with Crippen molar-refractivity contribution in [2.75, 3.05) is 26.8 Å². The first kappa shape index (κ1) is 19.8. The number of nitrogens with zero attached hydrogens (tertiary/aromatic N) is 1. The molecule has 0 aliphatic carbocycles. The van der Waals surface area contributed by atoms with Crippen LogP contribution in [0.5, 0.6) is 5.75 Å². The Morgan fingerprint density at radius 3 is 2.71 bits per heavy atom. The molecule has 0 saturated carbocycles. The topological polar surface area (TPSA) is 69.0 Å². The zero-order chi connectivity index (χ0) is 21.6. The van der Waals surface area contributed by atoms with Crippen molar-refractivity contribution in [1.82, 2.24) is 4.90 Å². The van der Waals surface area contributed by atoms with Gasteiger partial charge in [-0.25, -0.2) is 0 Å². The summed E-state index contributed by atoms with van der Waals surface area (Å²) in [6, 6.07) is 12.8. The number of piperidine rings is 1. The van der Waals surface area contributed by atoms with Crippen molar-refractivity contribution in [1.29, 1.82) is 0 Å². The minimum Gasteiger partial charge on any atom is -0.496 e. The van der Waals surface area contributed by atoms with E-state index in [0.29, 0.717) is 43.5 Å². The number of rotatable bonds is 2. The lowest BCUT2D eigenvalue weighted by molar-refractivity contribution is -0.0948. The molecular formula is C25H25NO5. The standard InChI is InChI=1S/C25H25NO5/c1-16-6-7-18-19(27)15-22(31-21(18)14-16)24(28)26-11-9-25(10-12-26)23-17(8-13-30-25)4-3-5-20(23)29-2/h3-7,14-15H,8-13H2,1-2H3. The first-order valence-corrected chi connectivity index (χ1v) is 10.6. The van der Waals surface area contributed by atoms with Crippen LogP contribution in [0, 0.1) is 6.92 Å². The first-order valence-electron chi connectivity index (χ1n) is 10.6. The van der Waals surface area contributed by atoms with Crippen LogP contribution in [0.1, 0.15) is 40.1 Å². The molecule has 160 valence electrons. The molecule has 2 aromatic carbocycles. The van der Waals surface area contributed by atoms with Crippen molar-refractivity contribution < 1.29 is 18.7 Å². The van der Waals surface area contributed by atoms with Crippen LogP contribution in [0.25, 0.3) is 11.0 Å². The van der Waals surface area contributed by atoms with Gasteiger partial charge in [-0.15, -0.1) is 0 Å². The molecule has 2 aliphatic rings. The number of ether oxygens (including phenoxy) is 2. The molecule has 1 aromatic heterocycles. The third kappa shape index (κ3) is 3.31. The Morgan fingerprint density at radius 2 is 1.94 bits per heavy atom. The third-order valence-corrected chi connectivity index (χ3v) is 6.49. The summed E-state index contributed by atoms with van der Waals surface area (Å²) in [4.78, 5) is 27.4. The van der Waals surface area contributed by atoms with Gasteiger partial charge in [-0.3, -0.25) is 9.59 Å². The normalized spacial score (nSPS) is 17.5. The third-order valence-electron chi connectivity index (χ3n) is 6.49. The van der Waals surface area contributed by atoms with Crippen LogP contribution < -0.4 is 10.2 Å². The fraction of sp³-hybridized carbons (Fsp3) is 0.360. The highest BCUT2D eigenvalue weighted by Crippen LogP contribution is 2.45. The van der Waals surface area contributed by atoms with Crippen LogP contribution in [-0.2, 0) is 16.8 Å². The number of hydrogen-bond acceptors (Lipinski definition) is 5. The van der Waals surface area contributed by atoms with Crippen LogP contribution in [0.4, 0.5) is 0 Å². The minimum absolute atomic E-state index is 0.0848. The van der Waals surface area contributed by atoms with E-state index in [0.717, 1.165) is 23.3 Å². The van der Waals surface area contributed by atoms with Gasteiger partial charge < -0.3 is 18.8 Å². The predicted octanol–water partition coefficient (Wildman–Crippen LogP) is 3.81. The maximum absolute atomic E-state index is 13.1. The summed E-state index contributed by atoms with van der Waals surface area (Å²) in [6.07, 6.45) is 2.20. The lowest BCUT2D eigenvalue weighted by Crippen LogP contribution is -2.48. The summed E-state index contributed by atoms with van der Waals surface area (Å²) in [5, 5.41) is 0.485. The van der Waals surface area contributed by atoms with Crippen LogP contribution >= 0.6 is 0 Å². The second-order valence-electron chi connectivity index (χ2n) is 8.35. The van der Waals surface area contributed by atoms with Gasteiger partial charge in [0.05, 0.1) is 19.1 Å². The van der Waals surface area contributed by atoms with Crippen LogP contribution in [0.3, 0.4) is 0 Å². The van der Waals surface area contributed by atoms with E-state index in [1.54, 1.807) is 24.1 Å². The number of fused-ring (bicyclic) bond motifs is 3. The van der Waals surface area contributed by atoms with Gasteiger partial charge in [-0.1, -0.05) is 18.2 Å². The number of hydrogen-bond donors (Lipinski definition) is 0. The Balaban J connectivity index is 1.42. The number of methoxy groups -OCH3 is 1. The highest BCUT2D eigenvalue weighted by atomic mass is 16.5. The van der Waals surface area contributed by atoms with E-state index < -0.39 is 5.60 Å². The van der Waals surface area contributed by atoms with Crippen molar-refractivity contribution in [2.45, 2.75) is 31.8 Å².